The van der Waals surface area contributed by atoms with E-state index in [0.717, 1.165) is 11.1 Å². The van der Waals surface area contributed by atoms with Crippen LogP contribution in [0.5, 0.6) is 5.75 Å². The number of carbonyl (C=O) groups excluding carboxylic acids is 3. The van der Waals surface area contributed by atoms with E-state index in [1.165, 1.54) is 12.1 Å². The minimum atomic E-state index is -1.59. The van der Waals surface area contributed by atoms with Crippen molar-refractivity contribution in [2.24, 2.45) is 5.73 Å². The van der Waals surface area contributed by atoms with Crippen molar-refractivity contribution in [3.63, 3.8) is 0 Å². The number of benzene rings is 3. The Kier molecular flexibility index (Phi) is 11.4. The fraction of sp³-hybridized carbons (Fsp3) is 0.267. The highest BCUT2D eigenvalue weighted by Crippen LogP contribution is 2.12. The van der Waals surface area contributed by atoms with Crippen molar-refractivity contribution >= 4 is 23.7 Å². The van der Waals surface area contributed by atoms with Gasteiger partial charge in [-0.3, -0.25) is 14.4 Å². The van der Waals surface area contributed by atoms with Gasteiger partial charge in [-0.15, -0.1) is 0 Å². The molecule has 0 aliphatic heterocycles. The summed E-state index contributed by atoms with van der Waals surface area (Å²) in [6.45, 7) is -0.854. The summed E-state index contributed by atoms with van der Waals surface area (Å²) in [7, 11) is 0. The first-order valence-corrected chi connectivity index (χ1v) is 13.0. The monoisotopic (exact) mass is 562 g/mol. The molecule has 0 radical (unpaired) electrons. The number of amides is 3. The van der Waals surface area contributed by atoms with E-state index < -0.39 is 54.5 Å². The van der Waals surface area contributed by atoms with E-state index in [1.807, 2.05) is 36.4 Å². The van der Waals surface area contributed by atoms with Crippen LogP contribution in [0.25, 0.3) is 0 Å². The number of hydrogen-bond acceptors (Lipinski definition) is 7. The van der Waals surface area contributed by atoms with Gasteiger partial charge in [0.25, 0.3) is 0 Å². The lowest BCUT2D eigenvalue weighted by atomic mass is 10.0. The molecule has 3 aromatic carbocycles. The van der Waals surface area contributed by atoms with Gasteiger partial charge in [0.15, 0.2) is 0 Å². The van der Waals surface area contributed by atoms with E-state index in [0.29, 0.717) is 5.56 Å². The zero-order valence-corrected chi connectivity index (χ0v) is 22.3. The SMILES string of the molecule is NC(Cc1ccccc1)C(=O)NC(Cc1ccccc1)C(=O)NC(Cc1ccc(O)cc1)C(=O)NC(CO)C(=O)O. The van der Waals surface area contributed by atoms with Crippen LogP contribution < -0.4 is 21.7 Å². The Morgan fingerprint density at radius 3 is 1.49 bits per heavy atom. The zero-order chi connectivity index (χ0) is 29.8. The summed E-state index contributed by atoms with van der Waals surface area (Å²) in [5.41, 5.74) is 8.30. The number of phenolic OH excluding ortho intramolecular Hbond substituents is 1. The van der Waals surface area contributed by atoms with Crippen LogP contribution in [0.1, 0.15) is 16.7 Å². The number of nitrogens with two attached hydrogens (primary N) is 1. The van der Waals surface area contributed by atoms with Crippen molar-refractivity contribution in [1.82, 2.24) is 16.0 Å². The third-order valence-corrected chi connectivity index (χ3v) is 6.36. The molecule has 0 fully saturated rings. The lowest BCUT2D eigenvalue weighted by Gasteiger charge is -2.25. The van der Waals surface area contributed by atoms with Crippen LogP contribution in [0.15, 0.2) is 84.9 Å². The molecule has 0 aliphatic rings. The highest BCUT2D eigenvalue weighted by Gasteiger charge is 2.30. The summed E-state index contributed by atoms with van der Waals surface area (Å²) in [6, 6.07) is 19.1. The molecule has 216 valence electrons. The van der Waals surface area contributed by atoms with Crippen LogP contribution in [0.3, 0.4) is 0 Å². The lowest BCUT2D eigenvalue weighted by Crippen LogP contribution is -2.58. The van der Waals surface area contributed by atoms with Gasteiger partial charge in [-0.05, 0) is 35.2 Å². The number of carbonyl (C=O) groups is 4. The van der Waals surface area contributed by atoms with Gasteiger partial charge in [-0.2, -0.15) is 0 Å². The topological polar surface area (TPSA) is 191 Å². The highest BCUT2D eigenvalue weighted by molar-refractivity contribution is 5.94. The molecule has 11 nitrogen and oxygen atoms in total. The molecule has 4 atom stereocenters. The lowest BCUT2D eigenvalue weighted by molar-refractivity contribution is -0.143. The molecular weight excluding hydrogens is 528 g/mol. The van der Waals surface area contributed by atoms with Gasteiger partial charge >= 0.3 is 5.97 Å². The van der Waals surface area contributed by atoms with Gasteiger partial charge < -0.3 is 37.0 Å². The molecule has 0 spiro atoms. The quantitative estimate of drug-likeness (QED) is 0.146. The Balaban J connectivity index is 1.82. The summed E-state index contributed by atoms with van der Waals surface area (Å²) in [5.74, 6) is -3.54. The molecule has 0 saturated heterocycles. The predicted molar refractivity (Wildman–Crippen MR) is 151 cm³/mol. The normalized spacial score (nSPS) is 13.7. The van der Waals surface area contributed by atoms with Gasteiger partial charge in [0.1, 0.15) is 23.9 Å². The molecule has 0 saturated carbocycles. The number of carboxylic acids is 1. The third-order valence-electron chi connectivity index (χ3n) is 6.36. The van der Waals surface area contributed by atoms with Crippen LogP contribution in [-0.2, 0) is 38.4 Å². The molecule has 0 heterocycles. The molecule has 3 rings (SSSR count). The largest absolute Gasteiger partial charge is 0.508 e. The second-order valence-electron chi connectivity index (χ2n) is 9.56. The number of aliphatic hydroxyl groups is 1. The molecule has 0 aromatic heterocycles. The van der Waals surface area contributed by atoms with E-state index in [-0.39, 0.29) is 25.0 Å². The van der Waals surface area contributed by atoms with Gasteiger partial charge in [0.2, 0.25) is 17.7 Å². The predicted octanol–water partition coefficient (Wildman–Crippen LogP) is 0.279. The minimum absolute atomic E-state index is 0.00230. The van der Waals surface area contributed by atoms with Crippen LogP contribution in [-0.4, -0.2) is 69.8 Å². The average Bonchev–Trinajstić information content (AvgIpc) is 2.97. The minimum Gasteiger partial charge on any atom is -0.508 e. The fourth-order valence-electron chi connectivity index (χ4n) is 4.11. The maximum atomic E-state index is 13.6. The molecule has 3 amide bonds. The number of phenols is 1. The molecule has 4 unspecified atom stereocenters. The van der Waals surface area contributed by atoms with Gasteiger partial charge in [0.05, 0.1) is 12.6 Å². The number of carboxylic acid groups (broad SMARTS) is 1. The number of hydrogen-bond donors (Lipinski definition) is 7. The summed E-state index contributed by atoms with van der Waals surface area (Å²) in [5, 5.41) is 35.8. The van der Waals surface area contributed by atoms with Crippen LogP contribution in [0.2, 0.25) is 0 Å². The van der Waals surface area contributed by atoms with Crippen molar-refractivity contribution in [2.75, 3.05) is 6.61 Å². The number of aliphatic carboxylic acids is 1. The Bertz CT molecular complexity index is 1300. The second-order valence-corrected chi connectivity index (χ2v) is 9.56. The fourth-order valence-corrected chi connectivity index (χ4v) is 4.11. The maximum absolute atomic E-state index is 13.6. The molecule has 8 N–H and O–H groups in total. The summed E-state index contributed by atoms with van der Waals surface area (Å²) < 4.78 is 0. The third kappa shape index (κ3) is 9.75. The molecular formula is C30H34N4O7. The average molecular weight is 563 g/mol. The van der Waals surface area contributed by atoms with E-state index in [9.17, 15) is 34.5 Å². The van der Waals surface area contributed by atoms with Crippen molar-refractivity contribution in [1.29, 1.82) is 0 Å². The van der Waals surface area contributed by atoms with E-state index >= 15 is 0 Å². The van der Waals surface area contributed by atoms with Crippen molar-refractivity contribution in [2.45, 2.75) is 43.4 Å². The Morgan fingerprint density at radius 2 is 1.02 bits per heavy atom. The van der Waals surface area contributed by atoms with Crippen LogP contribution in [0, 0.1) is 0 Å². The Morgan fingerprint density at radius 1 is 0.610 bits per heavy atom. The number of rotatable bonds is 14. The zero-order valence-electron chi connectivity index (χ0n) is 22.3. The van der Waals surface area contributed by atoms with Crippen molar-refractivity contribution < 1.29 is 34.5 Å². The first kappa shape index (κ1) is 30.8. The molecule has 3 aromatic rings. The van der Waals surface area contributed by atoms with Crippen LogP contribution in [0.4, 0.5) is 0 Å². The molecule has 11 heteroatoms. The first-order chi connectivity index (χ1) is 19.7. The van der Waals surface area contributed by atoms with Crippen molar-refractivity contribution in [3.05, 3.63) is 102 Å². The summed E-state index contributed by atoms with van der Waals surface area (Å²) >= 11 is 0. The number of aliphatic hydroxyl groups excluding tert-OH is 1. The Labute approximate surface area is 237 Å². The van der Waals surface area contributed by atoms with E-state index in [1.54, 1.807) is 36.4 Å². The van der Waals surface area contributed by atoms with Crippen LogP contribution >= 0.6 is 0 Å². The smallest absolute Gasteiger partial charge is 0.328 e. The van der Waals surface area contributed by atoms with Crippen molar-refractivity contribution in [3.8, 4) is 5.75 Å². The van der Waals surface area contributed by atoms with Gasteiger partial charge in [-0.25, -0.2) is 4.79 Å². The molecule has 0 aliphatic carbocycles. The standard InChI is InChI=1S/C30H34N4O7/c31-23(15-19-7-3-1-4-8-19)27(37)32-24(16-20-9-5-2-6-10-20)28(38)33-25(17-21-11-13-22(36)14-12-21)29(39)34-26(18-35)30(40)41/h1-14,23-26,35-36H,15-18,31H2,(H,32,37)(H,33,38)(H,34,39)(H,40,41). The summed E-state index contributed by atoms with van der Waals surface area (Å²) in [6.07, 6.45) is 0.281. The molecule has 0 bridgehead atoms. The van der Waals surface area contributed by atoms with E-state index in [2.05, 4.69) is 16.0 Å². The highest BCUT2D eigenvalue weighted by atomic mass is 16.4. The molecule has 41 heavy (non-hydrogen) atoms. The maximum Gasteiger partial charge on any atom is 0.328 e. The summed E-state index contributed by atoms with van der Waals surface area (Å²) in [4.78, 5) is 51.1. The number of aromatic hydroxyl groups is 1. The first-order valence-electron chi connectivity index (χ1n) is 13.0. The Hall–Kier alpha value is -4.74. The number of nitrogens with one attached hydrogen (secondary N) is 3. The second kappa shape index (κ2) is 15.2. The van der Waals surface area contributed by atoms with Gasteiger partial charge in [0, 0.05) is 12.8 Å². The van der Waals surface area contributed by atoms with Gasteiger partial charge in [-0.1, -0.05) is 72.8 Å². The van der Waals surface area contributed by atoms with E-state index in [4.69, 9.17) is 5.73 Å².